The topological polar surface area (TPSA) is 52.6 Å². The molecule has 0 aliphatic heterocycles. The van der Waals surface area contributed by atoms with E-state index in [1.807, 2.05) is 25.8 Å². The molecule has 2 N–H and O–H groups in total. The lowest BCUT2D eigenvalue weighted by atomic mass is 9.86. The van der Waals surface area contributed by atoms with Gasteiger partial charge >= 0.3 is 6.03 Å². The zero-order chi connectivity index (χ0) is 15.2. The third-order valence-corrected chi connectivity index (χ3v) is 4.51. The van der Waals surface area contributed by atoms with Gasteiger partial charge in [0.05, 0.1) is 0 Å². The summed E-state index contributed by atoms with van der Waals surface area (Å²) in [6.45, 7) is 7.25. The van der Waals surface area contributed by atoms with Crippen molar-refractivity contribution in [3.8, 4) is 0 Å². The Morgan fingerprint density at radius 2 is 2.10 bits per heavy atom. The van der Waals surface area contributed by atoms with Gasteiger partial charge in [0.2, 0.25) is 0 Å². The number of aliphatic hydroxyl groups is 1. The van der Waals surface area contributed by atoms with Gasteiger partial charge in [-0.1, -0.05) is 33.6 Å². The Labute approximate surface area is 123 Å². The fourth-order valence-corrected chi connectivity index (χ4v) is 2.89. The lowest BCUT2D eigenvalue weighted by molar-refractivity contribution is 0.145. The van der Waals surface area contributed by atoms with Gasteiger partial charge in [-0.3, -0.25) is 0 Å². The van der Waals surface area contributed by atoms with Crippen LogP contribution in [0.2, 0.25) is 0 Å². The molecule has 20 heavy (non-hydrogen) atoms. The van der Waals surface area contributed by atoms with Gasteiger partial charge in [0.15, 0.2) is 0 Å². The van der Waals surface area contributed by atoms with Crippen LogP contribution in [0.4, 0.5) is 4.79 Å². The van der Waals surface area contributed by atoms with Crippen molar-refractivity contribution < 1.29 is 9.90 Å². The molecular weight excluding hydrogens is 252 g/mol. The van der Waals surface area contributed by atoms with Crippen molar-refractivity contribution in [3.05, 3.63) is 0 Å². The summed E-state index contributed by atoms with van der Waals surface area (Å²) < 4.78 is 0. The second-order valence-electron chi connectivity index (χ2n) is 7.19. The monoisotopic (exact) mass is 284 g/mol. The van der Waals surface area contributed by atoms with Gasteiger partial charge in [0, 0.05) is 26.2 Å². The summed E-state index contributed by atoms with van der Waals surface area (Å²) in [5, 5.41) is 12.2. The van der Waals surface area contributed by atoms with Gasteiger partial charge in [-0.15, -0.1) is 0 Å². The van der Waals surface area contributed by atoms with Crippen LogP contribution in [0.1, 0.15) is 59.3 Å². The van der Waals surface area contributed by atoms with E-state index >= 15 is 0 Å². The van der Waals surface area contributed by atoms with Crippen molar-refractivity contribution in [3.63, 3.8) is 0 Å². The minimum Gasteiger partial charge on any atom is -0.396 e. The number of hydrogen-bond acceptors (Lipinski definition) is 2. The molecule has 1 saturated carbocycles. The minimum atomic E-state index is -0.0462. The molecule has 118 valence electrons. The molecule has 0 aromatic heterocycles. The van der Waals surface area contributed by atoms with Gasteiger partial charge < -0.3 is 15.3 Å². The van der Waals surface area contributed by atoms with Crippen LogP contribution in [0.3, 0.4) is 0 Å². The van der Waals surface area contributed by atoms with E-state index in [2.05, 4.69) is 12.2 Å². The normalized spacial score (nSPS) is 23.4. The number of nitrogens with one attached hydrogen (secondary N) is 1. The van der Waals surface area contributed by atoms with Crippen molar-refractivity contribution in [1.82, 2.24) is 10.2 Å². The number of carbonyl (C=O) groups is 1. The second-order valence-corrected chi connectivity index (χ2v) is 7.19. The number of hydrogen-bond donors (Lipinski definition) is 2. The third kappa shape index (κ3) is 5.70. The van der Waals surface area contributed by atoms with E-state index < -0.39 is 0 Å². The summed E-state index contributed by atoms with van der Waals surface area (Å²) in [7, 11) is 1.91. The van der Waals surface area contributed by atoms with Crippen molar-refractivity contribution in [2.45, 2.75) is 65.3 Å². The van der Waals surface area contributed by atoms with E-state index in [4.69, 9.17) is 0 Å². The van der Waals surface area contributed by atoms with Crippen molar-refractivity contribution in [2.75, 3.05) is 20.2 Å². The second kappa shape index (κ2) is 7.87. The maximum absolute atomic E-state index is 12.1. The van der Waals surface area contributed by atoms with Crippen molar-refractivity contribution >= 4 is 6.03 Å². The number of rotatable bonds is 6. The first-order valence-electron chi connectivity index (χ1n) is 7.97. The van der Waals surface area contributed by atoms with Crippen molar-refractivity contribution in [1.29, 1.82) is 0 Å². The molecule has 4 nitrogen and oxygen atoms in total. The molecule has 1 rings (SSSR count). The number of nitrogens with zero attached hydrogens (tertiary/aromatic N) is 1. The van der Waals surface area contributed by atoms with Gasteiger partial charge in [-0.25, -0.2) is 4.79 Å². The molecular formula is C16H32N2O2. The Morgan fingerprint density at radius 3 is 2.70 bits per heavy atom. The van der Waals surface area contributed by atoms with E-state index in [-0.39, 0.29) is 18.1 Å². The highest BCUT2D eigenvalue weighted by Gasteiger charge is 2.25. The van der Waals surface area contributed by atoms with Crippen LogP contribution in [-0.2, 0) is 0 Å². The fraction of sp³-hybridized carbons (Fsp3) is 0.938. The molecule has 1 fully saturated rings. The van der Waals surface area contributed by atoms with Crippen LogP contribution in [0.25, 0.3) is 0 Å². The number of amides is 2. The minimum absolute atomic E-state index is 0.0462. The summed E-state index contributed by atoms with van der Waals surface area (Å²) in [4.78, 5) is 14.0. The van der Waals surface area contributed by atoms with E-state index in [9.17, 15) is 9.90 Å². The highest BCUT2D eigenvalue weighted by molar-refractivity contribution is 5.74. The van der Waals surface area contributed by atoms with Gasteiger partial charge in [-0.2, -0.15) is 0 Å². The molecule has 0 spiro atoms. The Kier molecular flexibility index (Phi) is 6.80. The molecule has 1 aliphatic carbocycles. The Balaban J connectivity index is 2.24. The lowest BCUT2D eigenvalue weighted by Crippen LogP contribution is -2.45. The summed E-state index contributed by atoms with van der Waals surface area (Å²) in [5.41, 5.74) is -0.0462. The highest BCUT2D eigenvalue weighted by Crippen LogP contribution is 2.26. The maximum Gasteiger partial charge on any atom is 0.317 e. The van der Waals surface area contributed by atoms with Gasteiger partial charge in [-0.05, 0) is 37.0 Å². The first-order chi connectivity index (χ1) is 9.35. The van der Waals surface area contributed by atoms with Gasteiger partial charge in [0.1, 0.15) is 0 Å². The number of urea groups is 1. The largest absolute Gasteiger partial charge is 0.396 e. The zero-order valence-electron chi connectivity index (χ0n) is 13.6. The smallest absolute Gasteiger partial charge is 0.317 e. The van der Waals surface area contributed by atoms with E-state index in [0.717, 1.165) is 31.6 Å². The summed E-state index contributed by atoms with van der Waals surface area (Å²) in [5.74, 6) is 0.731. The standard InChI is InChI=1S/C16H32N2O2/c1-13-7-5-8-14(11-13)18(4)15(20)17-10-6-9-16(2,3)12-19/h13-14,19H,5-12H2,1-4H3,(H,17,20)/t13-,14+/m1/s1. The van der Waals surface area contributed by atoms with Crippen LogP contribution in [-0.4, -0.2) is 42.3 Å². The molecule has 4 heteroatoms. The molecule has 0 saturated heterocycles. The molecule has 0 heterocycles. The SMILES string of the molecule is C[C@@H]1CCC[C@H](N(C)C(=O)NCCCC(C)(C)CO)C1. The van der Waals surface area contributed by atoms with Crippen LogP contribution >= 0.6 is 0 Å². The van der Waals surface area contributed by atoms with E-state index in [1.54, 1.807) is 0 Å². The van der Waals surface area contributed by atoms with E-state index in [0.29, 0.717) is 12.6 Å². The summed E-state index contributed by atoms with van der Waals surface area (Å²) in [6, 6.07) is 0.443. The van der Waals surface area contributed by atoms with Crippen LogP contribution < -0.4 is 5.32 Å². The molecule has 2 amide bonds. The summed E-state index contributed by atoms with van der Waals surface area (Å²) >= 11 is 0. The Bertz CT molecular complexity index is 305. The molecule has 0 unspecified atom stereocenters. The van der Waals surface area contributed by atoms with E-state index in [1.165, 1.54) is 12.8 Å². The predicted molar refractivity (Wildman–Crippen MR) is 82.7 cm³/mol. The van der Waals surface area contributed by atoms with Gasteiger partial charge in [0.25, 0.3) is 0 Å². The Morgan fingerprint density at radius 1 is 1.40 bits per heavy atom. The third-order valence-electron chi connectivity index (χ3n) is 4.51. The Hall–Kier alpha value is -0.770. The fourth-order valence-electron chi connectivity index (χ4n) is 2.89. The maximum atomic E-state index is 12.1. The molecule has 0 bridgehead atoms. The quantitative estimate of drug-likeness (QED) is 0.737. The lowest BCUT2D eigenvalue weighted by Gasteiger charge is -2.34. The molecule has 0 radical (unpaired) electrons. The number of aliphatic hydroxyl groups excluding tert-OH is 1. The average molecular weight is 284 g/mol. The molecule has 1 aliphatic rings. The number of carbonyl (C=O) groups excluding carboxylic acids is 1. The molecule has 0 aromatic carbocycles. The molecule has 2 atom stereocenters. The molecule has 0 aromatic rings. The first kappa shape index (κ1) is 17.3. The zero-order valence-corrected chi connectivity index (χ0v) is 13.6. The summed E-state index contributed by atoms with van der Waals surface area (Å²) in [6.07, 6.45) is 6.62. The average Bonchev–Trinajstić information content (AvgIpc) is 2.42. The highest BCUT2D eigenvalue weighted by atomic mass is 16.3. The predicted octanol–water partition coefficient (Wildman–Crippen LogP) is 3.01. The van der Waals surface area contributed by atoms with Crippen LogP contribution in [0.15, 0.2) is 0 Å². The van der Waals surface area contributed by atoms with Crippen LogP contribution in [0, 0.1) is 11.3 Å². The first-order valence-corrected chi connectivity index (χ1v) is 7.97. The van der Waals surface area contributed by atoms with Crippen LogP contribution in [0.5, 0.6) is 0 Å². The van der Waals surface area contributed by atoms with Crippen molar-refractivity contribution in [2.24, 2.45) is 11.3 Å².